The molecule has 1 saturated heterocycles. The molecule has 2 amide bonds. The molecule has 4 heterocycles. The zero-order chi connectivity index (χ0) is 23.5. The Hall–Kier alpha value is -3.23. The Morgan fingerprint density at radius 2 is 2.03 bits per heavy atom. The molecular formula is C25H33N7O2. The second-order valence-electron chi connectivity index (χ2n) is 9.55. The normalized spacial score (nSPS) is 20.3. The SMILES string of the molecule is CCn1nccc1C(=O)NC(c1cn2ncc(CC3CCNC3=O)cc2n1)C1CCCCCC1. The summed E-state index contributed by atoms with van der Waals surface area (Å²) in [4.78, 5) is 30.1. The lowest BCUT2D eigenvalue weighted by atomic mass is 9.90. The standard InChI is InChI=1S/C25H33N7O2/c1-2-31-21(10-12-27-31)25(34)30-23(18-7-5-3-4-6-8-18)20-16-32-22(29-20)14-17(15-28-32)13-19-9-11-26-24(19)33/h10,12,14-16,18-19,23H,2-9,11,13H2,1H3,(H,26,33)(H,30,34). The summed E-state index contributed by atoms with van der Waals surface area (Å²) >= 11 is 0. The molecule has 34 heavy (non-hydrogen) atoms. The first-order chi connectivity index (χ1) is 16.6. The molecule has 1 aliphatic heterocycles. The number of carbonyl (C=O) groups is 2. The Morgan fingerprint density at radius 1 is 1.21 bits per heavy atom. The van der Waals surface area contributed by atoms with Crippen LogP contribution in [0, 0.1) is 11.8 Å². The van der Waals surface area contributed by atoms with E-state index in [4.69, 9.17) is 4.98 Å². The van der Waals surface area contributed by atoms with Crippen molar-refractivity contribution in [3.05, 3.63) is 47.7 Å². The predicted molar refractivity (Wildman–Crippen MR) is 127 cm³/mol. The van der Waals surface area contributed by atoms with Gasteiger partial charge in [0.15, 0.2) is 5.65 Å². The van der Waals surface area contributed by atoms with Crippen molar-refractivity contribution in [2.75, 3.05) is 6.54 Å². The van der Waals surface area contributed by atoms with Gasteiger partial charge in [0.05, 0.1) is 24.1 Å². The van der Waals surface area contributed by atoms with E-state index >= 15 is 0 Å². The molecule has 0 spiro atoms. The second-order valence-corrected chi connectivity index (χ2v) is 9.55. The van der Waals surface area contributed by atoms with Crippen LogP contribution in [0.4, 0.5) is 0 Å². The van der Waals surface area contributed by atoms with Crippen LogP contribution in [0.15, 0.2) is 30.7 Å². The molecule has 2 unspecified atom stereocenters. The van der Waals surface area contributed by atoms with Gasteiger partial charge in [-0.15, -0.1) is 0 Å². The van der Waals surface area contributed by atoms with Crippen LogP contribution < -0.4 is 10.6 Å². The number of rotatable bonds is 7. The molecule has 2 atom stereocenters. The molecule has 9 heteroatoms. The molecule has 1 saturated carbocycles. The van der Waals surface area contributed by atoms with Gasteiger partial charge in [-0.2, -0.15) is 10.2 Å². The van der Waals surface area contributed by atoms with Crippen LogP contribution in [0.25, 0.3) is 5.65 Å². The molecule has 2 fully saturated rings. The lowest BCUT2D eigenvalue weighted by Crippen LogP contribution is -2.35. The first-order valence-corrected chi connectivity index (χ1v) is 12.6. The van der Waals surface area contributed by atoms with Crippen LogP contribution in [-0.4, -0.2) is 42.7 Å². The highest BCUT2D eigenvalue weighted by Gasteiger charge is 2.30. The van der Waals surface area contributed by atoms with Crippen molar-refractivity contribution in [1.82, 2.24) is 35.0 Å². The van der Waals surface area contributed by atoms with Gasteiger partial charge >= 0.3 is 0 Å². The van der Waals surface area contributed by atoms with Gasteiger partial charge in [0.2, 0.25) is 5.91 Å². The topological polar surface area (TPSA) is 106 Å². The van der Waals surface area contributed by atoms with Crippen LogP contribution in [0.1, 0.15) is 79.7 Å². The predicted octanol–water partition coefficient (Wildman–Crippen LogP) is 3.07. The lowest BCUT2D eigenvalue weighted by Gasteiger charge is -2.26. The second kappa shape index (κ2) is 9.95. The third-order valence-electron chi connectivity index (χ3n) is 7.27. The molecule has 5 rings (SSSR count). The van der Waals surface area contributed by atoms with E-state index in [0.717, 1.165) is 42.7 Å². The van der Waals surface area contributed by atoms with E-state index in [1.165, 1.54) is 25.7 Å². The van der Waals surface area contributed by atoms with E-state index in [9.17, 15) is 9.59 Å². The maximum absolute atomic E-state index is 13.2. The third kappa shape index (κ3) is 4.69. The van der Waals surface area contributed by atoms with Gasteiger partial charge in [-0.1, -0.05) is 25.7 Å². The van der Waals surface area contributed by atoms with Crippen LogP contribution >= 0.6 is 0 Å². The van der Waals surface area contributed by atoms with E-state index in [1.807, 2.05) is 25.4 Å². The van der Waals surface area contributed by atoms with Crippen molar-refractivity contribution in [2.45, 2.75) is 70.9 Å². The molecule has 180 valence electrons. The highest BCUT2D eigenvalue weighted by molar-refractivity contribution is 5.92. The quantitative estimate of drug-likeness (QED) is 0.524. The molecule has 0 bridgehead atoms. The largest absolute Gasteiger partial charge is 0.356 e. The molecular weight excluding hydrogens is 430 g/mol. The molecule has 1 aliphatic carbocycles. The molecule has 0 aromatic carbocycles. The van der Waals surface area contributed by atoms with Gasteiger partial charge in [-0.3, -0.25) is 14.3 Å². The van der Waals surface area contributed by atoms with Crippen LogP contribution in [0.3, 0.4) is 0 Å². The maximum atomic E-state index is 13.2. The Bertz CT molecular complexity index is 1160. The molecule has 2 aliphatic rings. The molecule has 9 nitrogen and oxygen atoms in total. The first kappa shape index (κ1) is 22.6. The monoisotopic (exact) mass is 463 g/mol. The van der Waals surface area contributed by atoms with Crippen molar-refractivity contribution in [2.24, 2.45) is 11.8 Å². The van der Waals surface area contributed by atoms with Crippen molar-refractivity contribution >= 4 is 17.5 Å². The van der Waals surface area contributed by atoms with Crippen LogP contribution in [-0.2, 0) is 17.8 Å². The Labute approximate surface area is 199 Å². The summed E-state index contributed by atoms with van der Waals surface area (Å²) in [5, 5.41) is 15.0. The fraction of sp³-hybridized carbons (Fsp3) is 0.560. The smallest absolute Gasteiger partial charge is 0.270 e. The van der Waals surface area contributed by atoms with Gasteiger partial charge in [-0.05, 0) is 56.2 Å². The van der Waals surface area contributed by atoms with E-state index in [1.54, 1.807) is 21.5 Å². The number of carbonyl (C=O) groups excluding carboxylic acids is 2. The number of amides is 2. The van der Waals surface area contributed by atoms with E-state index in [-0.39, 0.29) is 23.8 Å². The molecule has 2 N–H and O–H groups in total. The minimum Gasteiger partial charge on any atom is -0.356 e. The number of nitrogens with zero attached hydrogens (tertiary/aromatic N) is 5. The highest BCUT2D eigenvalue weighted by atomic mass is 16.2. The molecule has 0 radical (unpaired) electrons. The van der Waals surface area contributed by atoms with Crippen LogP contribution in [0.5, 0.6) is 0 Å². The summed E-state index contributed by atoms with van der Waals surface area (Å²) in [6.07, 6.45) is 13.9. The fourth-order valence-corrected chi connectivity index (χ4v) is 5.39. The molecule has 3 aromatic heterocycles. The highest BCUT2D eigenvalue weighted by Crippen LogP contribution is 2.33. The zero-order valence-electron chi connectivity index (χ0n) is 19.7. The number of aromatic nitrogens is 5. The van der Waals surface area contributed by atoms with E-state index < -0.39 is 0 Å². The Morgan fingerprint density at radius 3 is 2.76 bits per heavy atom. The van der Waals surface area contributed by atoms with Gasteiger partial charge in [0.1, 0.15) is 5.69 Å². The number of hydrogen-bond acceptors (Lipinski definition) is 5. The third-order valence-corrected chi connectivity index (χ3v) is 7.27. The van der Waals surface area contributed by atoms with Crippen molar-refractivity contribution in [3.8, 4) is 0 Å². The van der Waals surface area contributed by atoms with Crippen molar-refractivity contribution in [3.63, 3.8) is 0 Å². The number of nitrogens with one attached hydrogen (secondary N) is 2. The van der Waals surface area contributed by atoms with Gasteiger partial charge < -0.3 is 10.6 Å². The zero-order valence-corrected chi connectivity index (χ0v) is 19.7. The summed E-state index contributed by atoms with van der Waals surface area (Å²) in [5.41, 5.74) is 3.16. The van der Waals surface area contributed by atoms with Gasteiger partial charge in [0, 0.05) is 25.2 Å². The minimum atomic E-state index is -0.184. The maximum Gasteiger partial charge on any atom is 0.270 e. The summed E-state index contributed by atoms with van der Waals surface area (Å²) < 4.78 is 3.50. The summed E-state index contributed by atoms with van der Waals surface area (Å²) in [7, 11) is 0. The lowest BCUT2D eigenvalue weighted by molar-refractivity contribution is -0.122. The van der Waals surface area contributed by atoms with E-state index in [2.05, 4.69) is 20.8 Å². The van der Waals surface area contributed by atoms with E-state index in [0.29, 0.717) is 24.6 Å². The van der Waals surface area contributed by atoms with Crippen LogP contribution in [0.2, 0.25) is 0 Å². The van der Waals surface area contributed by atoms with Gasteiger partial charge in [-0.25, -0.2) is 9.50 Å². The minimum absolute atomic E-state index is 0.000116. The summed E-state index contributed by atoms with van der Waals surface area (Å²) in [6, 6.07) is 3.59. The molecule has 3 aromatic rings. The number of hydrogen-bond donors (Lipinski definition) is 2. The average Bonchev–Trinajstić information content (AvgIpc) is 3.53. The number of fused-ring (bicyclic) bond motifs is 1. The Balaban J connectivity index is 1.42. The summed E-state index contributed by atoms with van der Waals surface area (Å²) in [6.45, 7) is 3.36. The first-order valence-electron chi connectivity index (χ1n) is 12.6. The number of imidazole rings is 1. The van der Waals surface area contributed by atoms with Gasteiger partial charge in [0.25, 0.3) is 5.91 Å². The Kier molecular flexibility index (Phi) is 6.60. The number of aryl methyl sites for hydroxylation is 1. The van der Waals surface area contributed by atoms with Crippen molar-refractivity contribution < 1.29 is 9.59 Å². The summed E-state index contributed by atoms with van der Waals surface area (Å²) in [5.74, 6) is 0.328. The van der Waals surface area contributed by atoms with Crippen molar-refractivity contribution in [1.29, 1.82) is 0 Å². The average molecular weight is 464 g/mol. The fourth-order valence-electron chi connectivity index (χ4n) is 5.39.